The first kappa shape index (κ1) is 22.0. The molecule has 6 nitrogen and oxygen atoms in total. The number of halogens is 1. The molecule has 7 heteroatoms. The van der Waals surface area contributed by atoms with Crippen molar-refractivity contribution in [2.45, 2.75) is 38.1 Å². The smallest absolute Gasteiger partial charge is 0.242 e. The van der Waals surface area contributed by atoms with E-state index in [4.69, 9.17) is 10.5 Å². The third kappa shape index (κ3) is 7.38. The normalized spacial score (nSPS) is 14.6. The number of hydrogen-bond donors (Lipinski definition) is 3. The predicted octanol–water partition coefficient (Wildman–Crippen LogP) is 4.27. The van der Waals surface area contributed by atoms with Gasteiger partial charge >= 0.3 is 0 Å². The van der Waals surface area contributed by atoms with Crippen molar-refractivity contribution in [2.24, 2.45) is 10.7 Å². The lowest BCUT2D eigenvalue weighted by atomic mass is 9.95. The van der Waals surface area contributed by atoms with Gasteiger partial charge in [-0.2, -0.15) is 0 Å². The molecule has 0 aliphatic heterocycles. The molecule has 1 aliphatic carbocycles. The summed E-state index contributed by atoms with van der Waals surface area (Å²) in [4.78, 5) is 16.1. The molecule has 2 aromatic rings. The fourth-order valence-corrected chi connectivity index (χ4v) is 3.13. The van der Waals surface area contributed by atoms with Gasteiger partial charge in [0.25, 0.3) is 0 Å². The number of guanidine groups is 1. The highest BCUT2D eigenvalue weighted by Crippen LogP contribution is 2.23. The van der Waals surface area contributed by atoms with Crippen molar-refractivity contribution in [2.75, 3.05) is 11.9 Å². The summed E-state index contributed by atoms with van der Waals surface area (Å²) in [6, 6.07) is 17.3. The Morgan fingerprint density at radius 1 is 1.04 bits per heavy atom. The summed E-state index contributed by atoms with van der Waals surface area (Å²) in [5, 5.41) is 6.02. The van der Waals surface area contributed by atoms with Gasteiger partial charge < -0.3 is 21.1 Å². The minimum Gasteiger partial charge on any atom is -0.457 e. The van der Waals surface area contributed by atoms with Crippen molar-refractivity contribution in [3.63, 3.8) is 0 Å². The molecule has 28 heavy (non-hydrogen) atoms. The maximum absolute atomic E-state index is 12.0. The number of ether oxygens (including phenoxy) is 1. The molecule has 1 amide bonds. The number of amides is 1. The molecule has 3 rings (SSSR count). The maximum atomic E-state index is 12.0. The van der Waals surface area contributed by atoms with Crippen LogP contribution in [-0.2, 0) is 4.79 Å². The van der Waals surface area contributed by atoms with Crippen LogP contribution in [0.15, 0.2) is 59.6 Å². The number of para-hydroxylation sites is 1. The summed E-state index contributed by atoms with van der Waals surface area (Å²) < 4.78 is 5.80. The summed E-state index contributed by atoms with van der Waals surface area (Å²) in [5.74, 6) is 1.56. The Morgan fingerprint density at radius 2 is 1.75 bits per heavy atom. The van der Waals surface area contributed by atoms with Crippen LogP contribution >= 0.6 is 24.0 Å². The average molecular weight is 494 g/mol. The van der Waals surface area contributed by atoms with Crippen LogP contribution in [0.4, 0.5) is 5.69 Å². The SMILES string of the molecule is I.NC(=NCC(=O)NC1CCCCC1)Nc1cccc(Oc2ccccc2)c1. The average Bonchev–Trinajstić information content (AvgIpc) is 2.68. The van der Waals surface area contributed by atoms with Gasteiger partial charge in [0.2, 0.25) is 5.91 Å². The summed E-state index contributed by atoms with van der Waals surface area (Å²) in [6.45, 7) is 0.0234. The second-order valence-corrected chi connectivity index (χ2v) is 6.67. The number of anilines is 1. The first-order chi connectivity index (χ1) is 13.2. The van der Waals surface area contributed by atoms with E-state index in [1.54, 1.807) is 0 Å². The zero-order valence-electron chi connectivity index (χ0n) is 15.8. The fraction of sp³-hybridized carbons (Fsp3) is 0.333. The number of hydrogen-bond acceptors (Lipinski definition) is 3. The highest BCUT2D eigenvalue weighted by atomic mass is 127. The molecule has 0 unspecified atom stereocenters. The molecule has 150 valence electrons. The first-order valence-corrected chi connectivity index (χ1v) is 9.38. The Kier molecular flexibility index (Phi) is 9.06. The molecule has 0 heterocycles. The Hall–Kier alpha value is -2.29. The molecule has 2 aromatic carbocycles. The zero-order chi connectivity index (χ0) is 18.9. The number of carbonyl (C=O) groups excluding carboxylic acids is 1. The van der Waals surface area contributed by atoms with Crippen molar-refractivity contribution < 1.29 is 9.53 Å². The molecule has 4 N–H and O–H groups in total. The topological polar surface area (TPSA) is 88.7 Å². The van der Waals surface area contributed by atoms with Crippen LogP contribution in [0, 0.1) is 0 Å². The van der Waals surface area contributed by atoms with Crippen molar-refractivity contribution in [1.29, 1.82) is 0 Å². The molecule has 1 fully saturated rings. The third-order valence-corrected chi connectivity index (χ3v) is 4.45. The van der Waals surface area contributed by atoms with Crippen molar-refractivity contribution in [1.82, 2.24) is 5.32 Å². The molecular formula is C21H27IN4O2. The number of nitrogens with two attached hydrogens (primary N) is 1. The Labute approximate surface area is 183 Å². The van der Waals surface area contributed by atoms with Gasteiger partial charge in [-0.05, 0) is 37.1 Å². The number of nitrogens with zero attached hydrogens (tertiary/aromatic N) is 1. The van der Waals surface area contributed by atoms with E-state index >= 15 is 0 Å². The fourth-order valence-electron chi connectivity index (χ4n) is 3.13. The number of carbonyl (C=O) groups is 1. The molecule has 0 aromatic heterocycles. The van der Waals surface area contributed by atoms with E-state index in [0.29, 0.717) is 5.75 Å². The second kappa shape index (κ2) is 11.5. The van der Waals surface area contributed by atoms with Crippen LogP contribution in [-0.4, -0.2) is 24.5 Å². The largest absolute Gasteiger partial charge is 0.457 e. The quantitative estimate of drug-likeness (QED) is 0.318. The summed E-state index contributed by atoms with van der Waals surface area (Å²) >= 11 is 0. The molecular weight excluding hydrogens is 467 g/mol. The van der Waals surface area contributed by atoms with Gasteiger partial charge in [-0.1, -0.05) is 43.5 Å². The highest BCUT2D eigenvalue weighted by Gasteiger charge is 2.15. The van der Waals surface area contributed by atoms with Gasteiger partial charge in [-0.15, -0.1) is 24.0 Å². The van der Waals surface area contributed by atoms with Crippen molar-refractivity contribution in [3.05, 3.63) is 54.6 Å². The van der Waals surface area contributed by atoms with Gasteiger partial charge in [0.05, 0.1) is 0 Å². The van der Waals surface area contributed by atoms with Crippen LogP contribution in [0.3, 0.4) is 0 Å². The lowest BCUT2D eigenvalue weighted by Gasteiger charge is -2.22. The summed E-state index contributed by atoms with van der Waals surface area (Å²) in [7, 11) is 0. The van der Waals surface area contributed by atoms with Crippen LogP contribution in [0.1, 0.15) is 32.1 Å². The monoisotopic (exact) mass is 494 g/mol. The van der Waals surface area contributed by atoms with Gasteiger partial charge in [-0.3, -0.25) is 4.79 Å². The minimum absolute atomic E-state index is 0. The first-order valence-electron chi connectivity index (χ1n) is 9.38. The highest BCUT2D eigenvalue weighted by molar-refractivity contribution is 14.0. The molecule has 0 atom stereocenters. The number of rotatable bonds is 6. The number of nitrogens with one attached hydrogen (secondary N) is 2. The lowest BCUT2D eigenvalue weighted by molar-refractivity contribution is -0.120. The lowest BCUT2D eigenvalue weighted by Crippen LogP contribution is -2.38. The Morgan fingerprint density at radius 3 is 2.50 bits per heavy atom. The van der Waals surface area contributed by atoms with E-state index in [2.05, 4.69) is 15.6 Å². The van der Waals surface area contributed by atoms with Gasteiger partial charge in [-0.25, -0.2) is 4.99 Å². The van der Waals surface area contributed by atoms with Gasteiger partial charge in [0.1, 0.15) is 18.0 Å². The number of benzene rings is 2. The van der Waals surface area contributed by atoms with E-state index in [0.717, 1.165) is 24.3 Å². The maximum Gasteiger partial charge on any atom is 0.242 e. The molecule has 0 radical (unpaired) electrons. The molecule has 0 saturated heterocycles. The van der Waals surface area contributed by atoms with Crippen molar-refractivity contribution >= 4 is 41.5 Å². The van der Waals surface area contributed by atoms with E-state index in [9.17, 15) is 4.79 Å². The van der Waals surface area contributed by atoms with Gasteiger partial charge in [0, 0.05) is 17.8 Å². The van der Waals surface area contributed by atoms with Crippen LogP contribution in [0.25, 0.3) is 0 Å². The molecule has 1 aliphatic rings. The molecule has 1 saturated carbocycles. The molecule has 0 spiro atoms. The summed E-state index contributed by atoms with van der Waals surface area (Å²) in [6.07, 6.45) is 5.72. The molecule has 0 bridgehead atoms. The minimum atomic E-state index is -0.0900. The van der Waals surface area contributed by atoms with Crippen LogP contribution in [0.5, 0.6) is 11.5 Å². The van der Waals surface area contributed by atoms with Crippen LogP contribution < -0.4 is 21.1 Å². The Balaban J connectivity index is 0.00000280. The van der Waals surface area contributed by atoms with Crippen molar-refractivity contribution in [3.8, 4) is 11.5 Å². The zero-order valence-corrected chi connectivity index (χ0v) is 18.1. The van der Waals surface area contributed by atoms with Crippen LogP contribution in [0.2, 0.25) is 0 Å². The third-order valence-electron chi connectivity index (χ3n) is 4.45. The van der Waals surface area contributed by atoms with E-state index < -0.39 is 0 Å². The standard InChI is InChI=1S/C21H26N4O2.HI/c22-21(23-15-20(26)24-16-8-3-1-4-9-16)25-17-10-7-13-19(14-17)27-18-11-5-2-6-12-18;/h2,5-7,10-14,16H,1,3-4,8-9,15H2,(H,24,26)(H3,22,23,25);1H. The Bertz CT molecular complexity index is 777. The second-order valence-electron chi connectivity index (χ2n) is 6.67. The summed E-state index contributed by atoms with van der Waals surface area (Å²) in [5.41, 5.74) is 6.66. The number of aliphatic imine (C=N–C) groups is 1. The van der Waals surface area contributed by atoms with E-state index in [1.807, 2.05) is 54.6 Å². The predicted molar refractivity (Wildman–Crippen MR) is 124 cm³/mol. The van der Waals surface area contributed by atoms with E-state index in [1.165, 1.54) is 19.3 Å². The van der Waals surface area contributed by atoms with Gasteiger partial charge in [0.15, 0.2) is 5.96 Å². The van der Waals surface area contributed by atoms with E-state index in [-0.39, 0.29) is 48.4 Å².